The van der Waals surface area contributed by atoms with Crippen molar-refractivity contribution in [3.63, 3.8) is 0 Å². The number of fused-ring (bicyclic) bond motifs is 2. The van der Waals surface area contributed by atoms with E-state index in [2.05, 4.69) is 11.2 Å². The molecule has 1 saturated heterocycles. The monoisotopic (exact) mass is 439 g/mol. The summed E-state index contributed by atoms with van der Waals surface area (Å²) in [6, 6.07) is 13.0. The second-order valence-corrected chi connectivity index (χ2v) is 9.77. The molecule has 2 unspecified atom stereocenters. The first-order valence-corrected chi connectivity index (χ1v) is 11.8. The predicted molar refractivity (Wildman–Crippen MR) is 118 cm³/mol. The topological polar surface area (TPSA) is 44.1 Å². The summed E-state index contributed by atoms with van der Waals surface area (Å²) in [4.78, 5) is 0. The number of benzene rings is 2. The van der Waals surface area contributed by atoms with E-state index in [1.807, 2.05) is 27.3 Å². The van der Waals surface area contributed by atoms with Gasteiger partial charge in [0, 0.05) is 23.3 Å². The van der Waals surface area contributed by atoms with Gasteiger partial charge in [0.05, 0.1) is 24.1 Å². The minimum atomic E-state index is -1.05. The van der Waals surface area contributed by atoms with Crippen LogP contribution in [-0.4, -0.2) is 38.0 Å². The third kappa shape index (κ3) is 3.82. The van der Waals surface area contributed by atoms with Gasteiger partial charge in [-0.1, -0.05) is 17.7 Å². The van der Waals surface area contributed by atoms with Crippen molar-refractivity contribution in [2.24, 2.45) is 5.41 Å². The number of halogens is 2. The summed E-state index contributed by atoms with van der Waals surface area (Å²) < 4.78 is 43.0. The zero-order valence-corrected chi connectivity index (χ0v) is 18.0. The van der Waals surface area contributed by atoms with Gasteiger partial charge in [-0.05, 0) is 72.9 Å². The van der Waals surface area contributed by atoms with E-state index in [9.17, 15) is 13.3 Å². The van der Waals surface area contributed by atoms with Crippen LogP contribution in [-0.2, 0) is 24.2 Å². The summed E-state index contributed by atoms with van der Waals surface area (Å²) in [6.07, 6.45) is 8.12. The lowest BCUT2D eigenvalue weighted by Gasteiger charge is -2.45. The summed E-state index contributed by atoms with van der Waals surface area (Å²) in [5, 5.41) is 4.59. The number of hydrogen-bond acceptors (Lipinski definition) is 3. The maximum absolute atomic E-state index is 13.5. The van der Waals surface area contributed by atoms with Crippen molar-refractivity contribution in [1.29, 1.82) is 0 Å². The summed E-state index contributed by atoms with van der Waals surface area (Å²) in [6.45, 7) is 1.42. The van der Waals surface area contributed by atoms with Gasteiger partial charge in [0.1, 0.15) is 17.9 Å². The Kier molecular flexibility index (Phi) is 5.20. The van der Waals surface area contributed by atoms with E-state index in [4.69, 9.17) is 0 Å². The van der Waals surface area contributed by atoms with Gasteiger partial charge in [-0.2, -0.15) is 5.10 Å². The molecule has 1 aliphatic carbocycles. The second-order valence-electron chi connectivity index (χ2n) is 8.41. The van der Waals surface area contributed by atoms with Crippen LogP contribution in [0, 0.1) is 17.0 Å². The fourth-order valence-electron chi connectivity index (χ4n) is 4.87. The van der Waals surface area contributed by atoms with Gasteiger partial charge in [-0.15, -0.1) is 4.31 Å². The molecule has 2 heterocycles. The largest absolute Gasteiger partial charge is 0.598 e. The van der Waals surface area contributed by atoms with Gasteiger partial charge >= 0.3 is 0 Å². The van der Waals surface area contributed by atoms with E-state index in [-0.39, 0.29) is 17.0 Å². The molecule has 3 aromatic rings. The van der Waals surface area contributed by atoms with Crippen LogP contribution in [0.25, 0.3) is 11.8 Å². The lowest BCUT2D eigenvalue weighted by Crippen LogP contribution is -2.50. The van der Waals surface area contributed by atoms with Gasteiger partial charge in [0.25, 0.3) is 0 Å². The van der Waals surface area contributed by atoms with Crippen LogP contribution >= 0.6 is 0 Å². The van der Waals surface area contributed by atoms with Crippen LogP contribution in [0.1, 0.15) is 23.2 Å². The lowest BCUT2D eigenvalue weighted by molar-refractivity contribution is 0.210. The molecular formula is C24H23F2N3OS. The van der Waals surface area contributed by atoms with Crippen LogP contribution in [0.4, 0.5) is 8.78 Å². The molecule has 160 valence electrons. The number of piperidine rings is 1. The highest BCUT2D eigenvalue weighted by atomic mass is 32.2. The highest BCUT2D eigenvalue weighted by Crippen LogP contribution is 2.46. The Hall–Kier alpha value is -2.48. The third-order valence-electron chi connectivity index (χ3n) is 6.41. The Morgan fingerprint density at radius 1 is 1.06 bits per heavy atom. The SMILES string of the molecule is C[S+]([O-])N1CCC2=Cc3c(cnn3-c3ccc(F)cc3)CC2(Cc2ccc(F)cc2)C1. The molecule has 31 heavy (non-hydrogen) atoms. The van der Waals surface area contributed by atoms with E-state index >= 15 is 0 Å². The summed E-state index contributed by atoms with van der Waals surface area (Å²) in [5.41, 5.74) is 5.09. The second kappa shape index (κ2) is 7.89. The van der Waals surface area contributed by atoms with E-state index in [1.165, 1.54) is 29.8 Å². The molecular weight excluding hydrogens is 416 g/mol. The normalized spacial score (nSPS) is 21.9. The number of hydrogen-bond donors (Lipinski definition) is 0. The number of rotatable bonds is 4. The fraction of sp³-hybridized carbons (Fsp3) is 0.292. The van der Waals surface area contributed by atoms with Gasteiger partial charge in [-0.25, -0.2) is 13.5 Å². The summed E-state index contributed by atoms with van der Waals surface area (Å²) in [7, 11) is 0. The molecule has 4 nitrogen and oxygen atoms in total. The maximum atomic E-state index is 13.5. The first kappa shape index (κ1) is 20.4. The first-order chi connectivity index (χ1) is 14.9. The van der Waals surface area contributed by atoms with Gasteiger partial charge in [0.2, 0.25) is 0 Å². The number of aromatic nitrogens is 2. The third-order valence-corrected chi connectivity index (χ3v) is 7.45. The molecule has 1 aliphatic heterocycles. The Labute approximate surface area is 183 Å². The summed E-state index contributed by atoms with van der Waals surface area (Å²) in [5.74, 6) is -0.523. The minimum absolute atomic E-state index is 0.217. The van der Waals surface area contributed by atoms with Crippen LogP contribution in [0.2, 0.25) is 0 Å². The van der Waals surface area contributed by atoms with Gasteiger partial charge in [-0.3, -0.25) is 0 Å². The van der Waals surface area contributed by atoms with Crippen molar-refractivity contribution in [1.82, 2.24) is 14.1 Å². The van der Waals surface area contributed by atoms with E-state index < -0.39 is 11.4 Å². The Bertz CT molecular complexity index is 1120. The molecule has 5 rings (SSSR count). The van der Waals surface area contributed by atoms with Crippen molar-refractivity contribution in [3.8, 4) is 5.69 Å². The number of nitrogens with zero attached hydrogens (tertiary/aromatic N) is 3. The molecule has 0 spiro atoms. The van der Waals surface area contributed by atoms with Crippen LogP contribution in [0.5, 0.6) is 0 Å². The minimum Gasteiger partial charge on any atom is -0.598 e. The van der Waals surface area contributed by atoms with Crippen LogP contribution < -0.4 is 0 Å². The van der Waals surface area contributed by atoms with Crippen LogP contribution in [0.3, 0.4) is 0 Å². The highest BCUT2D eigenvalue weighted by Gasteiger charge is 2.45. The highest BCUT2D eigenvalue weighted by molar-refractivity contribution is 7.88. The average molecular weight is 440 g/mol. The molecule has 0 amide bonds. The molecule has 0 N–H and O–H groups in total. The lowest BCUT2D eigenvalue weighted by atomic mass is 9.66. The molecule has 1 aromatic heterocycles. The zero-order valence-electron chi connectivity index (χ0n) is 17.2. The van der Waals surface area contributed by atoms with Crippen molar-refractivity contribution >= 4 is 17.4 Å². The molecule has 1 fully saturated rings. The maximum Gasteiger partial charge on any atom is 0.123 e. The van der Waals surface area contributed by atoms with E-state index in [1.54, 1.807) is 18.4 Å². The van der Waals surface area contributed by atoms with Crippen LogP contribution in [0.15, 0.2) is 60.3 Å². The first-order valence-electron chi connectivity index (χ1n) is 10.3. The average Bonchev–Trinajstić information content (AvgIpc) is 3.16. The molecule has 2 aliphatic rings. The van der Waals surface area contributed by atoms with Gasteiger partial charge < -0.3 is 4.55 Å². The quantitative estimate of drug-likeness (QED) is 0.569. The molecule has 2 aromatic carbocycles. The smallest absolute Gasteiger partial charge is 0.123 e. The fourth-order valence-corrected chi connectivity index (χ4v) is 5.64. The molecule has 2 atom stereocenters. The molecule has 0 saturated carbocycles. The van der Waals surface area contributed by atoms with Gasteiger partial charge in [0.15, 0.2) is 0 Å². The zero-order chi connectivity index (χ0) is 21.6. The predicted octanol–water partition coefficient (Wildman–Crippen LogP) is 4.32. The standard InChI is InChI=1S/C24H23F2N3OS/c1-31(30)28-11-10-19-12-23-18(15-27-29(23)22-8-6-21(26)7-9-22)14-24(19,16-28)13-17-2-4-20(25)5-3-17/h2-9,12,15H,10-11,13-14,16H2,1H3. The Morgan fingerprint density at radius 2 is 1.74 bits per heavy atom. The Balaban J connectivity index is 1.55. The van der Waals surface area contributed by atoms with Crippen molar-refractivity contribution < 1.29 is 13.3 Å². The van der Waals surface area contributed by atoms with E-state index in [0.717, 1.165) is 48.3 Å². The molecule has 7 heteroatoms. The Morgan fingerprint density at radius 3 is 2.42 bits per heavy atom. The summed E-state index contributed by atoms with van der Waals surface area (Å²) >= 11 is -1.05. The van der Waals surface area contributed by atoms with Crippen molar-refractivity contribution in [3.05, 3.63) is 88.8 Å². The van der Waals surface area contributed by atoms with Crippen molar-refractivity contribution in [2.45, 2.75) is 19.3 Å². The molecule has 0 bridgehead atoms. The molecule has 0 radical (unpaired) electrons. The van der Waals surface area contributed by atoms with E-state index in [0.29, 0.717) is 6.54 Å². The van der Waals surface area contributed by atoms with Crippen molar-refractivity contribution in [2.75, 3.05) is 19.3 Å².